The van der Waals surface area contributed by atoms with Gasteiger partial charge in [0.1, 0.15) is 5.82 Å². The summed E-state index contributed by atoms with van der Waals surface area (Å²) >= 11 is 1.23. The first-order valence-electron chi connectivity index (χ1n) is 6.20. The van der Waals surface area contributed by atoms with Gasteiger partial charge in [0.25, 0.3) is 0 Å². The van der Waals surface area contributed by atoms with Crippen LogP contribution >= 0.6 is 11.8 Å². The fraction of sp³-hybridized carbons (Fsp3) is 0.455. The van der Waals surface area contributed by atoms with Crippen LogP contribution in [0.3, 0.4) is 0 Å². The maximum atomic E-state index is 11.9. The predicted molar refractivity (Wildman–Crippen MR) is 76.0 cm³/mol. The molecule has 0 aliphatic heterocycles. The molecule has 8 nitrogen and oxygen atoms in total. The number of carbonyl (C=O) groups excluding carboxylic acids is 1. The van der Waals surface area contributed by atoms with Crippen molar-refractivity contribution in [3.8, 4) is 0 Å². The Morgan fingerprint density at radius 3 is 2.95 bits per heavy atom. The van der Waals surface area contributed by atoms with E-state index in [2.05, 4.69) is 30.5 Å². The van der Waals surface area contributed by atoms with E-state index in [1.165, 1.54) is 11.8 Å². The molecule has 0 aromatic carbocycles. The lowest BCUT2D eigenvalue weighted by atomic mass is 10.2. The van der Waals surface area contributed by atoms with E-state index in [1.54, 1.807) is 6.20 Å². The van der Waals surface area contributed by atoms with Crippen molar-refractivity contribution in [2.45, 2.75) is 31.5 Å². The number of nitrogens with zero attached hydrogens (tertiary/aromatic N) is 3. The summed E-state index contributed by atoms with van der Waals surface area (Å²) in [6.45, 7) is 3.92. The molecule has 1 atom stereocenters. The number of nitrogens with one attached hydrogen (secondary N) is 3. The Bertz CT molecular complexity index is 579. The number of aryl methyl sites for hydroxylation is 1. The molecule has 108 valence electrons. The second-order valence-electron chi connectivity index (χ2n) is 4.27. The second-order valence-corrected chi connectivity index (χ2v) is 5.21. The molecule has 0 aliphatic rings. The van der Waals surface area contributed by atoms with Gasteiger partial charge in [0.05, 0.1) is 11.8 Å². The lowest BCUT2D eigenvalue weighted by Crippen LogP contribution is -2.30. The van der Waals surface area contributed by atoms with Crippen molar-refractivity contribution < 1.29 is 4.79 Å². The second kappa shape index (κ2) is 6.42. The third kappa shape index (κ3) is 3.73. The molecule has 0 aliphatic carbocycles. The number of nitrogens with two attached hydrogens (primary N) is 1. The number of aromatic amines is 2. The minimum atomic E-state index is -0.117. The topological polar surface area (TPSA) is 125 Å². The number of hydrogen-bond donors (Lipinski definition) is 4. The Morgan fingerprint density at radius 2 is 2.40 bits per heavy atom. The maximum Gasteiger partial charge on any atom is 0.231 e. The average Bonchev–Trinajstić information content (AvgIpc) is 3.02. The Hall–Kier alpha value is -2.03. The van der Waals surface area contributed by atoms with Crippen molar-refractivity contribution in [3.63, 3.8) is 0 Å². The summed E-state index contributed by atoms with van der Waals surface area (Å²) in [5, 5.41) is 9.75. The Balaban J connectivity index is 1.86. The number of rotatable bonds is 6. The number of thioether (sulfide) groups is 1. The van der Waals surface area contributed by atoms with Crippen LogP contribution in [0.1, 0.15) is 30.9 Å². The molecule has 0 fully saturated rings. The molecule has 2 rings (SSSR count). The maximum absolute atomic E-state index is 11.9. The van der Waals surface area contributed by atoms with Crippen molar-refractivity contribution in [1.29, 1.82) is 0 Å². The number of aromatic nitrogens is 5. The summed E-state index contributed by atoms with van der Waals surface area (Å²) in [6, 6.07) is -0.117. The quantitative estimate of drug-likeness (QED) is 0.583. The summed E-state index contributed by atoms with van der Waals surface area (Å²) < 4.78 is 0. The van der Waals surface area contributed by atoms with Gasteiger partial charge in [-0.15, -0.1) is 5.10 Å². The molecule has 1 unspecified atom stereocenters. The van der Waals surface area contributed by atoms with E-state index in [-0.39, 0.29) is 23.7 Å². The standard InChI is InChI=1S/C11H17N7OS/c1-3-7(9-13-4-6(2)14-9)15-8(19)5-20-11-16-10(12)17-18-11/h4,7H,3,5H2,1-2H3,(H,13,14)(H,15,19)(H3,12,16,17,18). The van der Waals surface area contributed by atoms with Gasteiger partial charge in [0.15, 0.2) is 0 Å². The molecule has 2 heterocycles. The first-order chi connectivity index (χ1) is 9.58. The highest BCUT2D eigenvalue weighted by atomic mass is 32.2. The number of imidazole rings is 1. The number of amides is 1. The summed E-state index contributed by atoms with van der Waals surface area (Å²) in [7, 11) is 0. The van der Waals surface area contributed by atoms with Gasteiger partial charge in [-0.05, 0) is 13.3 Å². The SMILES string of the molecule is CCC(NC(=O)CSc1n[nH]c(N)n1)c1ncc(C)[nH]1. The van der Waals surface area contributed by atoms with E-state index in [4.69, 9.17) is 5.73 Å². The van der Waals surface area contributed by atoms with Crippen molar-refractivity contribution in [2.75, 3.05) is 11.5 Å². The van der Waals surface area contributed by atoms with E-state index in [0.717, 1.165) is 17.9 Å². The number of anilines is 1. The first kappa shape index (κ1) is 14.4. The van der Waals surface area contributed by atoms with Crippen LogP contribution in [-0.2, 0) is 4.79 Å². The van der Waals surface area contributed by atoms with Gasteiger partial charge in [-0.1, -0.05) is 18.7 Å². The Kier molecular flexibility index (Phi) is 4.61. The van der Waals surface area contributed by atoms with Crippen LogP contribution in [0.25, 0.3) is 0 Å². The molecular formula is C11H17N7OS. The summed E-state index contributed by atoms with van der Waals surface area (Å²) in [5.74, 6) is 1.14. The number of carbonyl (C=O) groups is 1. The number of nitrogen functional groups attached to an aromatic ring is 1. The van der Waals surface area contributed by atoms with E-state index < -0.39 is 0 Å². The first-order valence-corrected chi connectivity index (χ1v) is 7.18. The van der Waals surface area contributed by atoms with Crippen LogP contribution in [-0.4, -0.2) is 36.8 Å². The van der Waals surface area contributed by atoms with Gasteiger partial charge in [-0.3, -0.25) is 4.79 Å². The van der Waals surface area contributed by atoms with Crippen LogP contribution < -0.4 is 11.1 Å². The molecule has 0 bridgehead atoms. The zero-order chi connectivity index (χ0) is 14.5. The highest BCUT2D eigenvalue weighted by Crippen LogP contribution is 2.15. The van der Waals surface area contributed by atoms with Crippen LogP contribution in [0.15, 0.2) is 11.4 Å². The van der Waals surface area contributed by atoms with Crippen LogP contribution in [0.5, 0.6) is 0 Å². The lowest BCUT2D eigenvalue weighted by molar-refractivity contribution is -0.119. The summed E-state index contributed by atoms with van der Waals surface area (Å²) in [5.41, 5.74) is 6.38. The van der Waals surface area contributed by atoms with Crippen molar-refractivity contribution in [1.82, 2.24) is 30.5 Å². The predicted octanol–water partition coefficient (Wildman–Crippen LogP) is 0.778. The largest absolute Gasteiger partial charge is 0.368 e. The molecule has 0 saturated heterocycles. The van der Waals surface area contributed by atoms with Crippen LogP contribution in [0.4, 0.5) is 5.95 Å². The van der Waals surface area contributed by atoms with Crippen molar-refractivity contribution >= 4 is 23.6 Å². The third-order valence-corrected chi connectivity index (χ3v) is 3.46. The van der Waals surface area contributed by atoms with Gasteiger partial charge < -0.3 is 16.0 Å². The fourth-order valence-corrected chi connectivity index (χ4v) is 2.28. The average molecular weight is 295 g/mol. The van der Waals surface area contributed by atoms with Gasteiger partial charge in [-0.2, -0.15) is 4.98 Å². The van der Waals surface area contributed by atoms with Gasteiger partial charge in [-0.25, -0.2) is 10.1 Å². The minimum absolute atomic E-state index is 0.0979. The molecule has 9 heteroatoms. The van der Waals surface area contributed by atoms with E-state index >= 15 is 0 Å². The van der Waals surface area contributed by atoms with Gasteiger partial charge in [0.2, 0.25) is 17.0 Å². The molecule has 1 amide bonds. The lowest BCUT2D eigenvalue weighted by Gasteiger charge is -2.14. The van der Waals surface area contributed by atoms with Gasteiger partial charge in [0, 0.05) is 11.9 Å². The summed E-state index contributed by atoms with van der Waals surface area (Å²) in [4.78, 5) is 23.2. The van der Waals surface area contributed by atoms with Crippen molar-refractivity contribution in [3.05, 3.63) is 17.7 Å². The molecule has 0 spiro atoms. The van der Waals surface area contributed by atoms with E-state index in [0.29, 0.717) is 5.16 Å². The zero-order valence-corrected chi connectivity index (χ0v) is 12.1. The molecule has 20 heavy (non-hydrogen) atoms. The monoisotopic (exact) mass is 295 g/mol. The van der Waals surface area contributed by atoms with E-state index in [1.807, 2.05) is 13.8 Å². The van der Waals surface area contributed by atoms with Gasteiger partial charge >= 0.3 is 0 Å². The minimum Gasteiger partial charge on any atom is -0.368 e. The zero-order valence-electron chi connectivity index (χ0n) is 11.3. The fourth-order valence-electron chi connectivity index (χ4n) is 1.66. The van der Waals surface area contributed by atoms with Crippen LogP contribution in [0, 0.1) is 6.92 Å². The smallest absolute Gasteiger partial charge is 0.231 e. The van der Waals surface area contributed by atoms with Crippen molar-refractivity contribution in [2.24, 2.45) is 0 Å². The third-order valence-electron chi connectivity index (χ3n) is 2.61. The number of H-pyrrole nitrogens is 2. The van der Waals surface area contributed by atoms with E-state index in [9.17, 15) is 4.79 Å². The Labute approximate surface area is 120 Å². The highest BCUT2D eigenvalue weighted by Gasteiger charge is 2.16. The number of hydrogen-bond acceptors (Lipinski definition) is 6. The normalized spacial score (nSPS) is 12.3. The highest BCUT2D eigenvalue weighted by molar-refractivity contribution is 7.99. The van der Waals surface area contributed by atoms with Crippen LogP contribution in [0.2, 0.25) is 0 Å². The molecule has 2 aromatic rings. The summed E-state index contributed by atoms with van der Waals surface area (Å²) in [6.07, 6.45) is 2.51. The molecule has 0 saturated carbocycles. The molecule has 2 aromatic heterocycles. The molecule has 0 radical (unpaired) electrons. The molecule has 5 N–H and O–H groups in total. The Morgan fingerprint density at radius 1 is 1.60 bits per heavy atom. The molecular weight excluding hydrogens is 278 g/mol.